The first-order valence-electron chi connectivity index (χ1n) is 6.38. The minimum atomic E-state index is 0.479. The molecule has 3 atom stereocenters. The maximum Gasteiger partial charge on any atom is 0.0294 e. The van der Waals surface area contributed by atoms with Crippen molar-refractivity contribution in [2.24, 2.45) is 11.8 Å². The molecule has 1 saturated carbocycles. The maximum atomic E-state index is 3.66. The van der Waals surface area contributed by atoms with Crippen molar-refractivity contribution < 1.29 is 0 Å². The largest absolute Gasteiger partial charge is 0.310 e. The molecule has 16 heavy (non-hydrogen) atoms. The first-order chi connectivity index (χ1) is 7.58. The molecule has 3 unspecified atom stereocenters. The fraction of sp³-hybridized carbons (Fsp3) is 0.600. The third-order valence-corrected chi connectivity index (χ3v) is 3.86. The summed E-state index contributed by atoms with van der Waals surface area (Å²) in [6.45, 7) is 10.2. The Labute approximate surface area is 99.3 Å². The van der Waals surface area contributed by atoms with Crippen LogP contribution in [0.2, 0.25) is 0 Å². The van der Waals surface area contributed by atoms with Crippen molar-refractivity contribution in [3.05, 3.63) is 34.9 Å². The third-order valence-electron chi connectivity index (χ3n) is 3.86. The highest BCUT2D eigenvalue weighted by Gasteiger charge is 2.32. The summed E-state index contributed by atoms with van der Waals surface area (Å²) in [5.41, 5.74) is 4.21. The van der Waals surface area contributed by atoms with Gasteiger partial charge in [-0.15, -0.1) is 0 Å². The minimum Gasteiger partial charge on any atom is -0.310 e. The number of hydrogen-bond donors (Lipinski definition) is 1. The van der Waals surface area contributed by atoms with Crippen LogP contribution in [0, 0.1) is 25.7 Å². The first kappa shape index (κ1) is 11.7. The molecule has 0 radical (unpaired) electrons. The number of aryl methyl sites for hydroxylation is 2. The smallest absolute Gasteiger partial charge is 0.0294 e. The molecule has 0 bridgehead atoms. The fourth-order valence-electron chi connectivity index (χ4n) is 2.35. The fourth-order valence-corrected chi connectivity index (χ4v) is 2.35. The van der Waals surface area contributed by atoms with Crippen LogP contribution in [0.25, 0.3) is 0 Å². The average Bonchev–Trinajstić information content (AvgIpc) is 2.95. The van der Waals surface area contributed by atoms with Gasteiger partial charge in [0.05, 0.1) is 0 Å². The van der Waals surface area contributed by atoms with E-state index in [4.69, 9.17) is 0 Å². The maximum absolute atomic E-state index is 3.66. The topological polar surface area (TPSA) is 12.0 Å². The first-order valence-corrected chi connectivity index (χ1v) is 6.38. The van der Waals surface area contributed by atoms with Crippen LogP contribution in [0.5, 0.6) is 0 Å². The van der Waals surface area contributed by atoms with Crippen molar-refractivity contribution in [3.63, 3.8) is 0 Å². The van der Waals surface area contributed by atoms with E-state index in [0.29, 0.717) is 6.04 Å². The lowest BCUT2D eigenvalue weighted by atomic mass is 10.00. The van der Waals surface area contributed by atoms with Gasteiger partial charge in [0.25, 0.3) is 0 Å². The lowest BCUT2D eigenvalue weighted by Gasteiger charge is -2.17. The number of hydrogen-bond acceptors (Lipinski definition) is 1. The summed E-state index contributed by atoms with van der Waals surface area (Å²) in [5, 5.41) is 3.66. The van der Waals surface area contributed by atoms with Crippen LogP contribution in [-0.2, 0) is 0 Å². The molecule has 1 aromatic rings. The van der Waals surface area contributed by atoms with Gasteiger partial charge in [-0.3, -0.25) is 0 Å². The van der Waals surface area contributed by atoms with Gasteiger partial charge in [0.2, 0.25) is 0 Å². The van der Waals surface area contributed by atoms with Crippen LogP contribution in [-0.4, -0.2) is 6.54 Å². The molecule has 0 amide bonds. The second-order valence-corrected chi connectivity index (χ2v) is 5.46. The van der Waals surface area contributed by atoms with Crippen LogP contribution < -0.4 is 5.32 Å². The molecule has 0 aliphatic heterocycles. The van der Waals surface area contributed by atoms with E-state index in [1.54, 1.807) is 0 Å². The van der Waals surface area contributed by atoms with Gasteiger partial charge >= 0.3 is 0 Å². The van der Waals surface area contributed by atoms with Crippen LogP contribution in [0.15, 0.2) is 18.2 Å². The number of rotatable bonds is 4. The van der Waals surface area contributed by atoms with Crippen LogP contribution in [0.3, 0.4) is 0 Å². The normalized spacial score (nSPS) is 25.5. The van der Waals surface area contributed by atoms with E-state index in [2.05, 4.69) is 51.2 Å². The Morgan fingerprint density at radius 1 is 1.38 bits per heavy atom. The zero-order valence-electron chi connectivity index (χ0n) is 10.9. The molecule has 0 aromatic heterocycles. The van der Waals surface area contributed by atoms with E-state index in [-0.39, 0.29) is 0 Å². The lowest BCUT2D eigenvalue weighted by molar-refractivity contribution is 0.533. The van der Waals surface area contributed by atoms with Crippen molar-refractivity contribution in [2.75, 3.05) is 6.54 Å². The van der Waals surface area contributed by atoms with E-state index in [9.17, 15) is 0 Å². The molecule has 0 saturated heterocycles. The Balaban J connectivity index is 1.96. The van der Waals surface area contributed by atoms with Crippen molar-refractivity contribution in [1.29, 1.82) is 0 Å². The molecule has 1 heteroatoms. The van der Waals surface area contributed by atoms with Gasteiger partial charge in [0.1, 0.15) is 0 Å². The molecular weight excluding hydrogens is 194 g/mol. The Hall–Kier alpha value is -0.820. The second kappa shape index (κ2) is 4.58. The van der Waals surface area contributed by atoms with Crippen molar-refractivity contribution in [2.45, 2.75) is 40.2 Å². The quantitative estimate of drug-likeness (QED) is 0.812. The third kappa shape index (κ3) is 2.65. The van der Waals surface area contributed by atoms with Crippen molar-refractivity contribution in [1.82, 2.24) is 5.32 Å². The van der Waals surface area contributed by atoms with E-state index in [0.717, 1.165) is 11.8 Å². The molecule has 1 aliphatic carbocycles. The highest BCUT2D eigenvalue weighted by molar-refractivity contribution is 5.32. The zero-order valence-corrected chi connectivity index (χ0v) is 10.9. The Morgan fingerprint density at radius 3 is 2.69 bits per heavy atom. The van der Waals surface area contributed by atoms with Crippen LogP contribution in [0.4, 0.5) is 0 Å². The molecule has 1 N–H and O–H groups in total. The van der Waals surface area contributed by atoms with E-state index >= 15 is 0 Å². The number of benzene rings is 1. The summed E-state index contributed by atoms with van der Waals surface area (Å²) >= 11 is 0. The van der Waals surface area contributed by atoms with Crippen molar-refractivity contribution >= 4 is 0 Å². The van der Waals surface area contributed by atoms with Gasteiger partial charge in [-0.25, -0.2) is 0 Å². The SMILES string of the molecule is Cc1ccc(C)c(C(C)NCC2CC2C)c1. The van der Waals surface area contributed by atoms with Gasteiger partial charge in [-0.1, -0.05) is 30.7 Å². The molecule has 0 heterocycles. The molecule has 0 spiro atoms. The van der Waals surface area contributed by atoms with E-state index < -0.39 is 0 Å². The Kier molecular flexibility index (Phi) is 3.34. The summed E-state index contributed by atoms with van der Waals surface area (Å²) in [4.78, 5) is 0. The molecule has 2 rings (SSSR count). The molecule has 1 aliphatic rings. The summed E-state index contributed by atoms with van der Waals surface area (Å²) in [6.07, 6.45) is 1.41. The summed E-state index contributed by atoms with van der Waals surface area (Å²) in [5.74, 6) is 1.87. The van der Waals surface area contributed by atoms with Crippen molar-refractivity contribution in [3.8, 4) is 0 Å². The van der Waals surface area contributed by atoms with E-state index in [1.165, 1.54) is 29.7 Å². The highest BCUT2D eigenvalue weighted by Crippen LogP contribution is 2.37. The zero-order chi connectivity index (χ0) is 11.7. The van der Waals surface area contributed by atoms with Gasteiger partial charge < -0.3 is 5.32 Å². The molecule has 1 nitrogen and oxygen atoms in total. The van der Waals surface area contributed by atoms with Gasteiger partial charge in [0.15, 0.2) is 0 Å². The van der Waals surface area contributed by atoms with Gasteiger partial charge in [-0.2, -0.15) is 0 Å². The standard InChI is InChI=1S/C15H23N/c1-10-5-6-11(2)15(7-10)13(4)16-9-14-8-12(14)3/h5-7,12-14,16H,8-9H2,1-4H3. The average molecular weight is 217 g/mol. The highest BCUT2D eigenvalue weighted by atomic mass is 14.9. The molecular formula is C15H23N. The van der Waals surface area contributed by atoms with Crippen LogP contribution >= 0.6 is 0 Å². The Morgan fingerprint density at radius 2 is 2.06 bits per heavy atom. The van der Waals surface area contributed by atoms with E-state index in [1.807, 2.05) is 0 Å². The Bertz CT molecular complexity index is 370. The van der Waals surface area contributed by atoms with Gasteiger partial charge in [0, 0.05) is 6.04 Å². The molecule has 1 fully saturated rings. The summed E-state index contributed by atoms with van der Waals surface area (Å²) in [7, 11) is 0. The van der Waals surface area contributed by atoms with Crippen LogP contribution in [0.1, 0.15) is 43.0 Å². The minimum absolute atomic E-state index is 0.479. The number of nitrogens with one attached hydrogen (secondary N) is 1. The lowest BCUT2D eigenvalue weighted by Crippen LogP contribution is -2.22. The molecule has 88 valence electrons. The predicted molar refractivity (Wildman–Crippen MR) is 69.6 cm³/mol. The summed E-state index contributed by atoms with van der Waals surface area (Å²) in [6, 6.07) is 7.20. The van der Waals surface area contributed by atoms with Gasteiger partial charge in [-0.05, 0) is 56.7 Å². The predicted octanol–water partition coefficient (Wildman–Crippen LogP) is 3.61. The monoisotopic (exact) mass is 217 g/mol. The molecule has 1 aromatic carbocycles. The summed E-state index contributed by atoms with van der Waals surface area (Å²) < 4.78 is 0. The second-order valence-electron chi connectivity index (χ2n) is 5.46.